The molecule has 2 heterocycles. The van der Waals surface area contributed by atoms with Crippen LogP contribution in [0.25, 0.3) is 5.65 Å². The molecule has 0 unspecified atom stereocenters. The molecule has 0 spiro atoms. The Morgan fingerprint density at radius 3 is 3.06 bits per heavy atom. The molecule has 0 aliphatic rings. The lowest BCUT2D eigenvalue weighted by molar-refractivity contribution is -0.142. The van der Waals surface area contributed by atoms with E-state index in [2.05, 4.69) is 27.6 Å². The van der Waals surface area contributed by atoms with E-state index in [1.165, 1.54) is 0 Å². The highest BCUT2D eigenvalue weighted by Gasteiger charge is 2.08. The molecule has 0 bridgehead atoms. The zero-order chi connectivity index (χ0) is 11.5. The van der Waals surface area contributed by atoms with Crippen LogP contribution in [0.4, 0.5) is 0 Å². The second-order valence-corrected chi connectivity index (χ2v) is 4.40. The highest BCUT2D eigenvalue weighted by Crippen LogP contribution is 2.11. The molecule has 0 aliphatic heterocycles. The average molecular weight is 330 g/mol. The van der Waals surface area contributed by atoms with Crippen molar-refractivity contribution in [1.82, 2.24) is 9.38 Å². The Labute approximate surface area is 107 Å². The predicted octanol–water partition coefficient (Wildman–Crippen LogP) is 2.04. The molecule has 0 amide bonds. The summed E-state index contributed by atoms with van der Waals surface area (Å²) in [5.41, 5.74) is 1.59. The summed E-state index contributed by atoms with van der Waals surface area (Å²) in [5, 5.41) is 0. The number of nitrogens with zero attached hydrogens (tertiary/aromatic N) is 2. The normalized spacial score (nSPS) is 10.6. The summed E-state index contributed by atoms with van der Waals surface area (Å²) < 4.78 is 7.90. The van der Waals surface area contributed by atoms with Gasteiger partial charge in [-0.3, -0.25) is 9.20 Å². The van der Waals surface area contributed by atoms with Gasteiger partial charge >= 0.3 is 5.97 Å². The minimum atomic E-state index is -0.235. The van der Waals surface area contributed by atoms with E-state index in [0.717, 1.165) is 15.0 Å². The van der Waals surface area contributed by atoms with Gasteiger partial charge < -0.3 is 4.74 Å². The van der Waals surface area contributed by atoms with Crippen LogP contribution in [0.5, 0.6) is 0 Å². The van der Waals surface area contributed by atoms with Gasteiger partial charge in [0, 0.05) is 6.20 Å². The second kappa shape index (κ2) is 4.82. The largest absolute Gasteiger partial charge is 0.466 e. The molecule has 5 heteroatoms. The van der Waals surface area contributed by atoms with E-state index in [4.69, 9.17) is 4.74 Å². The third-order valence-corrected chi connectivity index (χ3v) is 3.00. The van der Waals surface area contributed by atoms with Crippen LogP contribution in [-0.4, -0.2) is 22.0 Å². The Morgan fingerprint density at radius 1 is 1.56 bits per heavy atom. The van der Waals surface area contributed by atoms with Crippen molar-refractivity contribution in [2.45, 2.75) is 13.3 Å². The van der Waals surface area contributed by atoms with Crippen LogP contribution in [0.1, 0.15) is 12.6 Å². The second-order valence-electron chi connectivity index (χ2n) is 3.29. The summed E-state index contributed by atoms with van der Waals surface area (Å²) in [6, 6.07) is 5.85. The smallest absolute Gasteiger partial charge is 0.311 e. The first-order valence-corrected chi connectivity index (χ1v) is 6.06. The molecule has 0 fully saturated rings. The molecule has 16 heavy (non-hydrogen) atoms. The lowest BCUT2D eigenvalue weighted by Gasteiger charge is -1.97. The quantitative estimate of drug-likeness (QED) is 0.491. The third-order valence-electron chi connectivity index (χ3n) is 2.12. The lowest BCUT2D eigenvalue weighted by atomic mass is 10.3. The molecule has 0 saturated heterocycles. The zero-order valence-electron chi connectivity index (χ0n) is 8.81. The number of ether oxygens (including phenoxy) is 1. The Morgan fingerprint density at radius 2 is 2.38 bits per heavy atom. The van der Waals surface area contributed by atoms with Crippen LogP contribution in [0.2, 0.25) is 0 Å². The number of hydrogen-bond acceptors (Lipinski definition) is 3. The van der Waals surface area contributed by atoms with Crippen LogP contribution < -0.4 is 0 Å². The van der Waals surface area contributed by atoms with E-state index < -0.39 is 0 Å². The number of halogens is 1. The minimum Gasteiger partial charge on any atom is -0.466 e. The number of pyridine rings is 1. The van der Waals surface area contributed by atoms with Gasteiger partial charge in [-0.2, -0.15) is 0 Å². The molecule has 0 aromatic carbocycles. The molecule has 0 radical (unpaired) electrons. The Bertz CT molecular complexity index is 522. The number of hydrogen-bond donors (Lipinski definition) is 0. The van der Waals surface area contributed by atoms with Crippen molar-refractivity contribution in [3.8, 4) is 0 Å². The number of carbonyl (C=O) groups excluding carboxylic acids is 1. The number of imidazole rings is 1. The summed E-state index contributed by atoms with van der Waals surface area (Å²) >= 11 is 2.23. The van der Waals surface area contributed by atoms with Crippen LogP contribution in [0.3, 0.4) is 0 Å². The van der Waals surface area contributed by atoms with Gasteiger partial charge in [0.05, 0.1) is 22.4 Å². The number of aromatic nitrogens is 2. The molecule has 0 aliphatic carbocycles. The lowest BCUT2D eigenvalue weighted by Crippen LogP contribution is -2.07. The van der Waals surface area contributed by atoms with Crippen molar-refractivity contribution in [3.63, 3.8) is 0 Å². The van der Waals surface area contributed by atoms with Gasteiger partial charge in [-0.05, 0) is 41.6 Å². The maximum absolute atomic E-state index is 11.3. The summed E-state index contributed by atoms with van der Waals surface area (Å²) in [6.45, 7) is 2.20. The van der Waals surface area contributed by atoms with Crippen LogP contribution in [-0.2, 0) is 16.0 Å². The van der Waals surface area contributed by atoms with Gasteiger partial charge in [0.1, 0.15) is 5.65 Å². The molecule has 0 N–H and O–H groups in total. The Balaban J connectivity index is 2.26. The van der Waals surface area contributed by atoms with Crippen molar-refractivity contribution < 1.29 is 9.53 Å². The fraction of sp³-hybridized carbons (Fsp3) is 0.273. The van der Waals surface area contributed by atoms with E-state index in [9.17, 15) is 4.79 Å². The molecular formula is C11H11IN2O2. The van der Waals surface area contributed by atoms with Crippen molar-refractivity contribution in [1.29, 1.82) is 0 Å². The van der Waals surface area contributed by atoms with Gasteiger partial charge in [-0.25, -0.2) is 4.98 Å². The fourth-order valence-electron chi connectivity index (χ4n) is 1.47. The summed E-state index contributed by atoms with van der Waals surface area (Å²) in [5.74, 6) is -0.235. The molecule has 2 aromatic rings. The van der Waals surface area contributed by atoms with E-state index >= 15 is 0 Å². The standard InChI is InChI=1S/C11H11IN2O2/c1-2-16-11(15)6-8-7-14-9(12)4-3-5-10(14)13-8/h3-5,7H,2,6H2,1H3. The highest BCUT2D eigenvalue weighted by molar-refractivity contribution is 14.1. The van der Waals surface area contributed by atoms with Crippen molar-refractivity contribution >= 4 is 34.2 Å². The number of carbonyl (C=O) groups is 1. The Hall–Kier alpha value is -1.11. The topological polar surface area (TPSA) is 43.6 Å². The fourth-order valence-corrected chi connectivity index (χ4v) is 2.07. The van der Waals surface area contributed by atoms with E-state index in [-0.39, 0.29) is 12.4 Å². The summed E-state index contributed by atoms with van der Waals surface area (Å²) in [6.07, 6.45) is 2.10. The van der Waals surface area contributed by atoms with Crippen LogP contribution in [0, 0.1) is 3.70 Å². The van der Waals surface area contributed by atoms with E-state index in [1.807, 2.05) is 28.8 Å². The SMILES string of the molecule is CCOC(=O)Cc1cn2c(I)cccc2n1. The van der Waals surface area contributed by atoms with Gasteiger partial charge in [0.25, 0.3) is 0 Å². The number of esters is 1. The maximum atomic E-state index is 11.3. The molecule has 84 valence electrons. The van der Waals surface area contributed by atoms with Crippen molar-refractivity contribution in [3.05, 3.63) is 33.8 Å². The first kappa shape index (κ1) is 11.4. The Kier molecular flexibility index (Phi) is 3.42. The van der Waals surface area contributed by atoms with Crippen molar-refractivity contribution in [2.75, 3.05) is 6.61 Å². The van der Waals surface area contributed by atoms with Crippen LogP contribution >= 0.6 is 22.6 Å². The number of rotatable bonds is 3. The van der Waals surface area contributed by atoms with Gasteiger partial charge in [0.2, 0.25) is 0 Å². The molecule has 4 nitrogen and oxygen atoms in total. The van der Waals surface area contributed by atoms with Gasteiger partial charge in [0.15, 0.2) is 0 Å². The average Bonchev–Trinajstić information content (AvgIpc) is 2.62. The van der Waals surface area contributed by atoms with Gasteiger partial charge in [-0.1, -0.05) is 6.07 Å². The molecular weight excluding hydrogens is 319 g/mol. The molecule has 0 saturated carbocycles. The molecule has 2 aromatic heterocycles. The van der Waals surface area contributed by atoms with E-state index in [1.54, 1.807) is 6.92 Å². The third kappa shape index (κ3) is 2.34. The maximum Gasteiger partial charge on any atom is 0.311 e. The highest BCUT2D eigenvalue weighted by atomic mass is 127. The van der Waals surface area contributed by atoms with Gasteiger partial charge in [-0.15, -0.1) is 0 Å². The monoisotopic (exact) mass is 330 g/mol. The number of fused-ring (bicyclic) bond motifs is 1. The predicted molar refractivity (Wildman–Crippen MR) is 68.2 cm³/mol. The molecule has 2 rings (SSSR count). The summed E-state index contributed by atoms with van der Waals surface area (Å²) in [4.78, 5) is 15.7. The van der Waals surface area contributed by atoms with E-state index in [0.29, 0.717) is 6.61 Å². The first-order valence-electron chi connectivity index (χ1n) is 4.99. The summed E-state index contributed by atoms with van der Waals surface area (Å²) in [7, 11) is 0. The first-order chi connectivity index (χ1) is 7.70. The molecule has 0 atom stereocenters. The zero-order valence-corrected chi connectivity index (χ0v) is 11.0. The minimum absolute atomic E-state index is 0.228. The van der Waals surface area contributed by atoms with Crippen molar-refractivity contribution in [2.24, 2.45) is 0 Å². The van der Waals surface area contributed by atoms with Crippen LogP contribution in [0.15, 0.2) is 24.4 Å².